The maximum absolute atomic E-state index is 6.75. The summed E-state index contributed by atoms with van der Waals surface area (Å²) in [6, 6.07) is 61.1. The van der Waals surface area contributed by atoms with Crippen LogP contribution in [0.4, 0.5) is 0 Å². The molecule has 8 aromatic carbocycles. The number of fused-ring (bicyclic) bond motifs is 5. The van der Waals surface area contributed by atoms with Crippen LogP contribution in [0.1, 0.15) is 0 Å². The van der Waals surface area contributed by atoms with E-state index in [0.29, 0.717) is 17.5 Å². The van der Waals surface area contributed by atoms with Crippen LogP contribution in [0, 0.1) is 0 Å². The van der Waals surface area contributed by atoms with E-state index in [4.69, 9.17) is 19.4 Å². The molecule has 0 aliphatic heterocycles. The number of benzene rings is 8. The summed E-state index contributed by atoms with van der Waals surface area (Å²) in [6.45, 7) is 0. The molecule has 10 rings (SSSR count). The molecule has 0 aliphatic carbocycles. The van der Waals surface area contributed by atoms with E-state index >= 15 is 0 Å². The van der Waals surface area contributed by atoms with Crippen LogP contribution in [-0.4, -0.2) is 15.0 Å². The van der Waals surface area contributed by atoms with Crippen molar-refractivity contribution in [3.63, 3.8) is 0 Å². The van der Waals surface area contributed by atoms with Gasteiger partial charge in [-0.15, -0.1) is 0 Å². The molecule has 10 aromatic rings. The van der Waals surface area contributed by atoms with Gasteiger partial charge >= 0.3 is 0 Å². The molecular weight excluding hydrogens is 623 g/mol. The van der Waals surface area contributed by atoms with E-state index in [0.717, 1.165) is 60.7 Å². The average Bonchev–Trinajstić information content (AvgIpc) is 3.57. The molecule has 0 N–H and O–H groups in total. The van der Waals surface area contributed by atoms with Crippen LogP contribution in [0.3, 0.4) is 0 Å². The van der Waals surface area contributed by atoms with Gasteiger partial charge in [0.2, 0.25) is 0 Å². The van der Waals surface area contributed by atoms with Gasteiger partial charge in [0.25, 0.3) is 0 Å². The predicted octanol–water partition coefficient (Wildman–Crippen LogP) is 12.4. The molecular formula is C47H29N3O. The van der Waals surface area contributed by atoms with Gasteiger partial charge in [-0.2, -0.15) is 0 Å². The van der Waals surface area contributed by atoms with Crippen molar-refractivity contribution in [3.8, 4) is 56.4 Å². The molecule has 0 atom stereocenters. The molecule has 0 radical (unpaired) electrons. The number of nitrogens with zero attached hydrogens (tertiary/aromatic N) is 3. The number of hydrogen-bond donors (Lipinski definition) is 0. The van der Waals surface area contributed by atoms with Gasteiger partial charge in [0.05, 0.1) is 0 Å². The molecule has 238 valence electrons. The van der Waals surface area contributed by atoms with Gasteiger partial charge in [-0.05, 0) is 62.5 Å². The van der Waals surface area contributed by atoms with E-state index in [2.05, 4.69) is 140 Å². The summed E-state index contributed by atoms with van der Waals surface area (Å²) in [5.74, 6) is 1.83. The minimum absolute atomic E-state index is 0.591. The van der Waals surface area contributed by atoms with Crippen molar-refractivity contribution in [2.24, 2.45) is 0 Å². The second-order valence-corrected chi connectivity index (χ2v) is 12.8. The summed E-state index contributed by atoms with van der Waals surface area (Å²) in [6.07, 6.45) is 0. The van der Waals surface area contributed by atoms with E-state index in [-0.39, 0.29) is 0 Å². The molecule has 4 heteroatoms. The molecule has 0 bridgehead atoms. The molecule has 0 saturated heterocycles. The number of hydrogen-bond acceptors (Lipinski definition) is 4. The lowest BCUT2D eigenvalue weighted by Crippen LogP contribution is -2.00. The van der Waals surface area contributed by atoms with Crippen molar-refractivity contribution in [2.75, 3.05) is 0 Å². The fraction of sp³-hybridized carbons (Fsp3) is 0. The first-order valence-corrected chi connectivity index (χ1v) is 17.1. The number of aromatic nitrogens is 3. The second-order valence-electron chi connectivity index (χ2n) is 12.8. The SMILES string of the molecule is c1ccc(-c2nc(-c3ccc(-c4ccc5ccccc5c4)cc3)nc(-c3ccc4c(c3)oc3c(-c5ccccc5)c5ccccc5cc34)n2)cc1. The van der Waals surface area contributed by atoms with Gasteiger partial charge in [0, 0.05) is 33.0 Å². The lowest BCUT2D eigenvalue weighted by atomic mass is 9.95. The maximum Gasteiger partial charge on any atom is 0.164 e. The van der Waals surface area contributed by atoms with Crippen molar-refractivity contribution >= 4 is 43.5 Å². The Bertz CT molecular complexity index is 2900. The second kappa shape index (κ2) is 11.9. The Kier molecular flexibility index (Phi) is 6.78. The van der Waals surface area contributed by atoms with E-state index < -0.39 is 0 Å². The van der Waals surface area contributed by atoms with E-state index in [1.807, 2.05) is 36.4 Å². The Morgan fingerprint density at radius 1 is 0.314 bits per heavy atom. The van der Waals surface area contributed by atoms with Gasteiger partial charge in [-0.3, -0.25) is 0 Å². The molecule has 51 heavy (non-hydrogen) atoms. The first kappa shape index (κ1) is 29.0. The monoisotopic (exact) mass is 651 g/mol. The maximum atomic E-state index is 6.75. The summed E-state index contributed by atoms with van der Waals surface area (Å²) in [5.41, 5.74) is 8.91. The molecule has 0 fully saturated rings. The average molecular weight is 652 g/mol. The highest BCUT2D eigenvalue weighted by atomic mass is 16.3. The van der Waals surface area contributed by atoms with E-state index in [9.17, 15) is 0 Å². The van der Waals surface area contributed by atoms with Gasteiger partial charge in [-0.1, -0.05) is 152 Å². The fourth-order valence-corrected chi connectivity index (χ4v) is 7.14. The summed E-state index contributed by atoms with van der Waals surface area (Å²) >= 11 is 0. The van der Waals surface area contributed by atoms with E-state index in [1.165, 1.54) is 21.7 Å². The third-order valence-corrected chi connectivity index (χ3v) is 9.70. The topological polar surface area (TPSA) is 51.8 Å². The third-order valence-electron chi connectivity index (χ3n) is 9.70. The Labute approximate surface area is 294 Å². The highest BCUT2D eigenvalue weighted by Crippen LogP contribution is 2.42. The molecule has 4 nitrogen and oxygen atoms in total. The minimum atomic E-state index is 0.591. The zero-order chi connectivity index (χ0) is 33.7. The Morgan fingerprint density at radius 3 is 1.61 bits per heavy atom. The molecule has 0 amide bonds. The molecule has 2 aromatic heterocycles. The third kappa shape index (κ3) is 5.13. The number of rotatable bonds is 5. The van der Waals surface area contributed by atoms with Crippen LogP contribution in [-0.2, 0) is 0 Å². The van der Waals surface area contributed by atoms with Crippen LogP contribution >= 0.6 is 0 Å². The van der Waals surface area contributed by atoms with Crippen molar-refractivity contribution in [2.45, 2.75) is 0 Å². The molecule has 0 unspecified atom stereocenters. The normalized spacial score (nSPS) is 11.5. The summed E-state index contributed by atoms with van der Waals surface area (Å²) in [7, 11) is 0. The van der Waals surface area contributed by atoms with Crippen LogP contribution in [0.25, 0.3) is 99.9 Å². The highest BCUT2D eigenvalue weighted by Gasteiger charge is 2.18. The molecule has 0 aliphatic rings. The zero-order valence-corrected chi connectivity index (χ0v) is 27.5. The Hall–Kier alpha value is -6.91. The largest absolute Gasteiger partial charge is 0.455 e. The van der Waals surface area contributed by atoms with Crippen molar-refractivity contribution < 1.29 is 4.42 Å². The van der Waals surface area contributed by atoms with Crippen molar-refractivity contribution in [3.05, 3.63) is 176 Å². The Morgan fingerprint density at radius 2 is 0.863 bits per heavy atom. The lowest BCUT2D eigenvalue weighted by molar-refractivity contribution is 0.670. The van der Waals surface area contributed by atoms with Crippen molar-refractivity contribution in [1.29, 1.82) is 0 Å². The first-order chi connectivity index (χ1) is 25.2. The van der Waals surface area contributed by atoms with Gasteiger partial charge < -0.3 is 4.42 Å². The predicted molar refractivity (Wildman–Crippen MR) is 209 cm³/mol. The smallest absolute Gasteiger partial charge is 0.164 e. The van der Waals surface area contributed by atoms with Gasteiger partial charge in [-0.25, -0.2) is 15.0 Å². The summed E-state index contributed by atoms with van der Waals surface area (Å²) < 4.78 is 6.75. The standard InChI is InChI=1S/C47H29N3O/c1-3-12-32(13-4-1)43-39-18-10-9-17-37(39)28-41-40-26-25-38(29-42(40)51-44(41)43)47-49-45(33-14-5-2-6-15-33)48-46(50-47)34-22-19-31(20-23-34)36-24-21-30-11-7-8-16-35(30)27-36/h1-29H. The highest BCUT2D eigenvalue weighted by molar-refractivity contribution is 6.18. The molecule has 0 spiro atoms. The Balaban J connectivity index is 1.11. The minimum Gasteiger partial charge on any atom is -0.455 e. The number of furan rings is 1. The van der Waals surface area contributed by atoms with Crippen molar-refractivity contribution in [1.82, 2.24) is 15.0 Å². The lowest BCUT2D eigenvalue weighted by Gasteiger charge is -2.09. The van der Waals surface area contributed by atoms with Gasteiger partial charge in [0.15, 0.2) is 17.5 Å². The van der Waals surface area contributed by atoms with Gasteiger partial charge in [0.1, 0.15) is 11.2 Å². The van der Waals surface area contributed by atoms with Crippen LogP contribution in [0.5, 0.6) is 0 Å². The van der Waals surface area contributed by atoms with Crippen LogP contribution in [0.15, 0.2) is 180 Å². The first-order valence-electron chi connectivity index (χ1n) is 17.1. The molecule has 0 saturated carbocycles. The molecule has 2 heterocycles. The van der Waals surface area contributed by atoms with E-state index in [1.54, 1.807) is 0 Å². The fourth-order valence-electron chi connectivity index (χ4n) is 7.14. The summed E-state index contributed by atoms with van der Waals surface area (Å²) in [5, 5.41) is 6.93. The van der Waals surface area contributed by atoms with Crippen LogP contribution < -0.4 is 0 Å². The quantitative estimate of drug-likeness (QED) is 0.186. The summed E-state index contributed by atoms with van der Waals surface area (Å²) in [4.78, 5) is 15.0. The van der Waals surface area contributed by atoms with Crippen LogP contribution in [0.2, 0.25) is 0 Å². The zero-order valence-electron chi connectivity index (χ0n) is 27.5.